The van der Waals surface area contributed by atoms with E-state index in [9.17, 15) is 4.79 Å². The summed E-state index contributed by atoms with van der Waals surface area (Å²) in [5.41, 5.74) is 0. The van der Waals surface area contributed by atoms with Crippen LogP contribution in [0.3, 0.4) is 0 Å². The molecule has 0 bridgehead atoms. The van der Waals surface area contributed by atoms with Gasteiger partial charge >= 0.3 is 5.97 Å². The fourth-order valence-electron chi connectivity index (χ4n) is 1.44. The summed E-state index contributed by atoms with van der Waals surface area (Å²) in [4.78, 5) is 10.3. The molecule has 0 saturated carbocycles. The van der Waals surface area contributed by atoms with Crippen molar-refractivity contribution in [3.8, 4) is 0 Å². The number of carboxylic acids is 1. The predicted molar refractivity (Wildman–Crippen MR) is 49.7 cm³/mol. The average Bonchev–Trinajstić information content (AvgIpc) is 1.93. The fraction of sp³-hybridized carbons (Fsp3) is 0.875. The van der Waals surface area contributed by atoms with Gasteiger partial charge in [0.25, 0.3) is 0 Å². The highest BCUT2D eigenvalue weighted by molar-refractivity contribution is 5.85. The van der Waals surface area contributed by atoms with E-state index in [1.165, 1.54) is 0 Å². The largest absolute Gasteiger partial charge is 0.481 e. The van der Waals surface area contributed by atoms with Gasteiger partial charge in [-0.2, -0.15) is 0 Å². The van der Waals surface area contributed by atoms with E-state index in [1.54, 1.807) is 0 Å². The Morgan fingerprint density at radius 1 is 1.58 bits per heavy atom. The first-order valence-corrected chi connectivity index (χ1v) is 4.13. The Bertz CT molecular complexity index is 144. The maximum atomic E-state index is 10.3. The Morgan fingerprint density at radius 2 is 2.25 bits per heavy atom. The lowest BCUT2D eigenvalue weighted by atomic mass is 9.95. The minimum Gasteiger partial charge on any atom is -0.481 e. The van der Waals surface area contributed by atoms with Crippen LogP contribution in [-0.2, 0) is 4.79 Å². The Kier molecular flexibility index (Phi) is 5.25. The third kappa shape index (κ3) is 3.93. The van der Waals surface area contributed by atoms with Crippen LogP contribution >= 0.6 is 12.4 Å². The van der Waals surface area contributed by atoms with E-state index in [1.807, 2.05) is 0 Å². The SMILES string of the molecule is CC1CCC(CC(=O)O)NC1.Cl. The Hall–Kier alpha value is -0.280. The normalized spacial score (nSPS) is 29.1. The van der Waals surface area contributed by atoms with Gasteiger partial charge in [0.05, 0.1) is 6.42 Å². The lowest BCUT2D eigenvalue weighted by molar-refractivity contribution is -0.137. The van der Waals surface area contributed by atoms with Crippen molar-refractivity contribution in [2.75, 3.05) is 6.54 Å². The summed E-state index contributed by atoms with van der Waals surface area (Å²) in [6.45, 7) is 3.15. The molecule has 0 aliphatic carbocycles. The molecule has 1 aliphatic heterocycles. The Balaban J connectivity index is 0.00000121. The van der Waals surface area contributed by atoms with E-state index in [-0.39, 0.29) is 24.9 Å². The summed E-state index contributed by atoms with van der Waals surface area (Å²) in [5.74, 6) is 0.0112. The molecule has 0 radical (unpaired) electrons. The summed E-state index contributed by atoms with van der Waals surface area (Å²) < 4.78 is 0. The van der Waals surface area contributed by atoms with Crippen molar-refractivity contribution >= 4 is 18.4 Å². The molecule has 0 spiro atoms. The number of piperidine rings is 1. The highest BCUT2D eigenvalue weighted by Crippen LogP contribution is 2.14. The van der Waals surface area contributed by atoms with Crippen molar-refractivity contribution in [1.82, 2.24) is 5.32 Å². The van der Waals surface area contributed by atoms with E-state index in [4.69, 9.17) is 5.11 Å². The third-order valence-corrected chi connectivity index (χ3v) is 2.18. The van der Waals surface area contributed by atoms with Gasteiger partial charge in [-0.3, -0.25) is 4.79 Å². The van der Waals surface area contributed by atoms with Crippen LogP contribution < -0.4 is 5.32 Å². The van der Waals surface area contributed by atoms with Crippen molar-refractivity contribution in [2.45, 2.75) is 32.2 Å². The highest BCUT2D eigenvalue weighted by atomic mass is 35.5. The second-order valence-corrected chi connectivity index (χ2v) is 3.39. The monoisotopic (exact) mass is 193 g/mol. The fourth-order valence-corrected chi connectivity index (χ4v) is 1.44. The van der Waals surface area contributed by atoms with Gasteiger partial charge in [-0.25, -0.2) is 0 Å². The molecule has 0 amide bonds. The van der Waals surface area contributed by atoms with Gasteiger partial charge in [0.15, 0.2) is 0 Å². The molecule has 1 aliphatic rings. The van der Waals surface area contributed by atoms with E-state index < -0.39 is 5.97 Å². The number of halogens is 1. The molecule has 12 heavy (non-hydrogen) atoms. The van der Waals surface area contributed by atoms with Gasteiger partial charge in [-0.05, 0) is 25.3 Å². The number of carboxylic acid groups (broad SMARTS) is 1. The van der Waals surface area contributed by atoms with Crippen LogP contribution in [0.25, 0.3) is 0 Å². The maximum Gasteiger partial charge on any atom is 0.304 e. The average molecular weight is 194 g/mol. The molecule has 1 rings (SSSR count). The van der Waals surface area contributed by atoms with Gasteiger partial charge < -0.3 is 10.4 Å². The number of rotatable bonds is 2. The van der Waals surface area contributed by atoms with E-state index in [0.29, 0.717) is 5.92 Å². The molecule has 0 aromatic heterocycles. The number of nitrogens with one attached hydrogen (secondary N) is 1. The van der Waals surface area contributed by atoms with Crippen LogP contribution in [0.15, 0.2) is 0 Å². The Labute approximate surface area is 78.9 Å². The molecule has 2 N–H and O–H groups in total. The van der Waals surface area contributed by atoms with E-state index in [2.05, 4.69) is 12.2 Å². The van der Waals surface area contributed by atoms with Gasteiger partial charge in [-0.1, -0.05) is 6.92 Å². The number of hydrogen-bond donors (Lipinski definition) is 2. The maximum absolute atomic E-state index is 10.3. The van der Waals surface area contributed by atoms with Crippen LogP contribution in [0.1, 0.15) is 26.2 Å². The Morgan fingerprint density at radius 3 is 2.67 bits per heavy atom. The zero-order chi connectivity index (χ0) is 8.27. The molecule has 0 aromatic carbocycles. The number of hydrogen-bond acceptors (Lipinski definition) is 2. The molecular weight excluding hydrogens is 178 g/mol. The first-order chi connectivity index (χ1) is 5.18. The molecular formula is C8H16ClNO2. The van der Waals surface area contributed by atoms with Crippen molar-refractivity contribution < 1.29 is 9.90 Å². The topological polar surface area (TPSA) is 49.3 Å². The van der Waals surface area contributed by atoms with Gasteiger partial charge in [-0.15, -0.1) is 12.4 Å². The van der Waals surface area contributed by atoms with Crippen molar-refractivity contribution in [1.29, 1.82) is 0 Å². The minimum absolute atomic E-state index is 0. The molecule has 1 fully saturated rings. The van der Waals surface area contributed by atoms with Crippen LogP contribution in [0.2, 0.25) is 0 Å². The molecule has 2 unspecified atom stereocenters. The summed E-state index contributed by atoms with van der Waals surface area (Å²) >= 11 is 0. The predicted octanol–water partition coefficient (Wildman–Crippen LogP) is 1.27. The molecule has 2 atom stereocenters. The van der Waals surface area contributed by atoms with Gasteiger partial charge in [0, 0.05) is 6.04 Å². The summed E-state index contributed by atoms with van der Waals surface area (Å²) in [6, 6.07) is 0.212. The van der Waals surface area contributed by atoms with E-state index in [0.717, 1.165) is 19.4 Å². The minimum atomic E-state index is -0.697. The number of carbonyl (C=O) groups is 1. The first-order valence-electron chi connectivity index (χ1n) is 4.13. The zero-order valence-corrected chi connectivity index (χ0v) is 8.06. The zero-order valence-electron chi connectivity index (χ0n) is 7.25. The second-order valence-electron chi connectivity index (χ2n) is 3.39. The highest BCUT2D eigenvalue weighted by Gasteiger charge is 2.19. The van der Waals surface area contributed by atoms with Crippen LogP contribution in [0.5, 0.6) is 0 Å². The van der Waals surface area contributed by atoms with Crippen molar-refractivity contribution in [2.24, 2.45) is 5.92 Å². The lowest BCUT2D eigenvalue weighted by Crippen LogP contribution is -2.39. The summed E-state index contributed by atoms with van der Waals surface area (Å²) in [6.07, 6.45) is 2.44. The van der Waals surface area contributed by atoms with Crippen LogP contribution in [0, 0.1) is 5.92 Å². The lowest BCUT2D eigenvalue weighted by Gasteiger charge is -2.26. The molecule has 72 valence electrons. The molecule has 1 saturated heterocycles. The smallest absolute Gasteiger partial charge is 0.304 e. The van der Waals surface area contributed by atoms with Crippen molar-refractivity contribution in [3.05, 3.63) is 0 Å². The van der Waals surface area contributed by atoms with Crippen LogP contribution in [-0.4, -0.2) is 23.7 Å². The van der Waals surface area contributed by atoms with Crippen LogP contribution in [0.4, 0.5) is 0 Å². The standard InChI is InChI=1S/C8H15NO2.ClH/c1-6-2-3-7(9-5-6)4-8(10)11;/h6-7,9H,2-5H2,1H3,(H,10,11);1H. The molecule has 3 nitrogen and oxygen atoms in total. The third-order valence-electron chi connectivity index (χ3n) is 2.18. The molecule has 4 heteroatoms. The second kappa shape index (κ2) is 5.38. The molecule has 0 aromatic rings. The quantitative estimate of drug-likeness (QED) is 0.695. The molecule has 1 heterocycles. The number of aliphatic carboxylic acids is 1. The van der Waals surface area contributed by atoms with Gasteiger partial charge in [0.1, 0.15) is 0 Å². The summed E-state index contributed by atoms with van der Waals surface area (Å²) in [5, 5.41) is 11.7. The van der Waals surface area contributed by atoms with Gasteiger partial charge in [0.2, 0.25) is 0 Å². The first kappa shape index (κ1) is 11.7. The summed E-state index contributed by atoms with van der Waals surface area (Å²) in [7, 11) is 0. The van der Waals surface area contributed by atoms with E-state index >= 15 is 0 Å². The van der Waals surface area contributed by atoms with Crippen molar-refractivity contribution in [3.63, 3.8) is 0 Å².